The number of amides is 1. The van der Waals surface area contributed by atoms with Crippen LogP contribution in [0.15, 0.2) is 0 Å². The summed E-state index contributed by atoms with van der Waals surface area (Å²) >= 11 is 0. The summed E-state index contributed by atoms with van der Waals surface area (Å²) in [6, 6.07) is -1.23. The van der Waals surface area contributed by atoms with Crippen LogP contribution in [0.4, 0.5) is 0 Å². The summed E-state index contributed by atoms with van der Waals surface area (Å²) in [7, 11) is 0. The summed E-state index contributed by atoms with van der Waals surface area (Å²) in [4.78, 5) is 11.4. The molecule has 0 radical (unpaired) electrons. The van der Waals surface area contributed by atoms with Crippen molar-refractivity contribution in [1.82, 2.24) is 5.32 Å². The van der Waals surface area contributed by atoms with Crippen LogP contribution in [-0.2, 0) is 19.0 Å². The summed E-state index contributed by atoms with van der Waals surface area (Å²) in [5.41, 5.74) is 0. The zero-order valence-electron chi connectivity index (χ0n) is 13.8. The quantitative estimate of drug-likeness (QED) is 0.257. The van der Waals surface area contributed by atoms with Crippen molar-refractivity contribution in [3.05, 3.63) is 0 Å². The molecule has 2 aliphatic heterocycles. The van der Waals surface area contributed by atoms with E-state index in [0.717, 1.165) is 0 Å². The van der Waals surface area contributed by atoms with E-state index in [-0.39, 0.29) is 0 Å². The van der Waals surface area contributed by atoms with Crippen LogP contribution in [0.3, 0.4) is 0 Å². The lowest BCUT2D eigenvalue weighted by Gasteiger charge is -2.46. The van der Waals surface area contributed by atoms with E-state index in [1.807, 2.05) is 0 Å². The molecule has 2 rings (SSSR count). The first-order chi connectivity index (χ1) is 11.7. The molecular weight excluding hydrogens is 342 g/mol. The van der Waals surface area contributed by atoms with Crippen molar-refractivity contribution in [1.29, 1.82) is 0 Å². The van der Waals surface area contributed by atoms with E-state index in [1.54, 1.807) is 0 Å². The smallest absolute Gasteiger partial charge is 0.217 e. The summed E-state index contributed by atoms with van der Waals surface area (Å²) in [6.07, 6.45) is -12.4. The summed E-state index contributed by atoms with van der Waals surface area (Å²) in [6.45, 7) is 2.00. The van der Waals surface area contributed by atoms with E-state index >= 15 is 0 Å². The van der Waals surface area contributed by atoms with E-state index in [2.05, 4.69) is 5.32 Å². The number of rotatable bonds is 4. The molecule has 0 saturated carbocycles. The Morgan fingerprint density at radius 2 is 1.68 bits per heavy atom. The van der Waals surface area contributed by atoms with Crippen molar-refractivity contribution >= 4 is 5.91 Å². The molecular formula is C14H25NO10. The lowest BCUT2D eigenvalue weighted by molar-refractivity contribution is -0.338. The minimum atomic E-state index is -1.62. The maximum Gasteiger partial charge on any atom is 0.217 e. The highest BCUT2D eigenvalue weighted by Gasteiger charge is 2.50. The molecule has 0 aromatic heterocycles. The number of hydrogen-bond donors (Lipinski definition) is 7. The summed E-state index contributed by atoms with van der Waals surface area (Å²) < 4.78 is 15.8. The molecule has 0 aromatic carbocycles. The Morgan fingerprint density at radius 3 is 2.24 bits per heavy atom. The molecule has 0 aliphatic carbocycles. The summed E-state index contributed by atoms with van der Waals surface area (Å²) in [5.74, 6) is -0.544. The minimum absolute atomic E-state index is 0.544. The molecule has 2 aliphatic rings. The van der Waals surface area contributed by atoms with Crippen LogP contribution in [0.5, 0.6) is 0 Å². The minimum Gasteiger partial charge on any atom is -0.394 e. The van der Waals surface area contributed by atoms with Gasteiger partial charge in [-0.05, 0) is 6.92 Å². The second-order valence-corrected chi connectivity index (χ2v) is 6.25. The number of aliphatic hydroxyl groups excluding tert-OH is 6. The first-order valence-electron chi connectivity index (χ1n) is 7.92. The van der Waals surface area contributed by atoms with Gasteiger partial charge in [-0.15, -0.1) is 0 Å². The third-order valence-corrected chi connectivity index (χ3v) is 4.34. The van der Waals surface area contributed by atoms with Gasteiger partial charge in [0.15, 0.2) is 12.6 Å². The van der Waals surface area contributed by atoms with E-state index in [9.17, 15) is 35.4 Å². The van der Waals surface area contributed by atoms with Gasteiger partial charge >= 0.3 is 0 Å². The Kier molecular flexibility index (Phi) is 6.70. The van der Waals surface area contributed by atoms with Gasteiger partial charge in [0.1, 0.15) is 42.7 Å². The molecule has 1 amide bonds. The Balaban J connectivity index is 2.21. The number of ether oxygens (including phenoxy) is 3. The third-order valence-electron chi connectivity index (χ3n) is 4.34. The highest BCUT2D eigenvalue weighted by molar-refractivity contribution is 5.73. The molecule has 11 heteroatoms. The van der Waals surface area contributed by atoms with E-state index in [1.165, 1.54) is 13.8 Å². The zero-order chi connectivity index (χ0) is 18.9. The molecule has 7 N–H and O–H groups in total. The highest BCUT2D eigenvalue weighted by atomic mass is 16.7. The van der Waals surface area contributed by atoms with Crippen molar-refractivity contribution in [2.75, 3.05) is 6.61 Å². The van der Waals surface area contributed by atoms with Crippen LogP contribution >= 0.6 is 0 Å². The molecule has 10 atom stereocenters. The second-order valence-electron chi connectivity index (χ2n) is 6.25. The van der Waals surface area contributed by atoms with Crippen LogP contribution in [0.1, 0.15) is 13.8 Å². The van der Waals surface area contributed by atoms with Crippen LogP contribution in [-0.4, -0.2) is 105 Å². The second kappa shape index (κ2) is 8.20. The Hall–Kier alpha value is -0.890. The fourth-order valence-corrected chi connectivity index (χ4v) is 2.91. The van der Waals surface area contributed by atoms with E-state index in [0.29, 0.717) is 0 Å². The van der Waals surface area contributed by atoms with Gasteiger partial charge in [-0.25, -0.2) is 0 Å². The molecule has 0 spiro atoms. The van der Waals surface area contributed by atoms with Gasteiger partial charge in [0, 0.05) is 6.92 Å². The molecule has 0 aromatic rings. The van der Waals surface area contributed by atoms with E-state index < -0.39 is 73.9 Å². The molecule has 0 unspecified atom stereocenters. The fraction of sp³-hybridized carbons (Fsp3) is 0.929. The molecule has 2 fully saturated rings. The molecule has 2 saturated heterocycles. The van der Waals surface area contributed by atoms with Gasteiger partial charge in [-0.2, -0.15) is 0 Å². The first-order valence-corrected chi connectivity index (χ1v) is 7.92. The zero-order valence-corrected chi connectivity index (χ0v) is 13.8. The Morgan fingerprint density at radius 1 is 1.04 bits per heavy atom. The number of carbonyl (C=O) groups is 1. The third kappa shape index (κ3) is 4.27. The fourth-order valence-electron chi connectivity index (χ4n) is 2.91. The van der Waals surface area contributed by atoms with Crippen LogP contribution in [0.25, 0.3) is 0 Å². The van der Waals surface area contributed by atoms with Crippen molar-refractivity contribution in [2.45, 2.75) is 75.2 Å². The molecule has 146 valence electrons. The number of carbonyl (C=O) groups excluding carboxylic acids is 1. The predicted octanol–water partition coefficient (Wildman–Crippen LogP) is -4.23. The van der Waals surface area contributed by atoms with Crippen LogP contribution < -0.4 is 5.32 Å². The monoisotopic (exact) mass is 367 g/mol. The Labute approximate surface area is 143 Å². The van der Waals surface area contributed by atoms with Crippen LogP contribution in [0.2, 0.25) is 0 Å². The summed E-state index contributed by atoms with van der Waals surface area (Å²) in [5, 5.41) is 61.6. The van der Waals surface area contributed by atoms with Gasteiger partial charge in [-0.3, -0.25) is 4.79 Å². The van der Waals surface area contributed by atoms with Crippen molar-refractivity contribution in [3.8, 4) is 0 Å². The van der Waals surface area contributed by atoms with Crippen molar-refractivity contribution < 1.29 is 49.6 Å². The van der Waals surface area contributed by atoms with Crippen molar-refractivity contribution in [3.63, 3.8) is 0 Å². The molecule has 11 nitrogen and oxygen atoms in total. The SMILES string of the molecule is CC(=O)N[C@H]1[C@H](O[C@@H]2[C@H](O)[C@H](C)O[C@@H](O)[C@H]2O)O[C@H](CO)[C@@H](O)[C@@H]1O. The molecule has 25 heavy (non-hydrogen) atoms. The van der Waals surface area contributed by atoms with Crippen molar-refractivity contribution in [2.24, 2.45) is 0 Å². The van der Waals surface area contributed by atoms with Gasteiger partial charge in [0.25, 0.3) is 0 Å². The molecule has 2 heterocycles. The van der Waals surface area contributed by atoms with E-state index in [4.69, 9.17) is 14.2 Å². The highest BCUT2D eigenvalue weighted by Crippen LogP contribution is 2.28. The van der Waals surface area contributed by atoms with Gasteiger partial charge in [0.2, 0.25) is 5.91 Å². The number of nitrogens with one attached hydrogen (secondary N) is 1. The average Bonchev–Trinajstić information content (AvgIpc) is 2.55. The predicted molar refractivity (Wildman–Crippen MR) is 78.8 cm³/mol. The number of hydrogen-bond acceptors (Lipinski definition) is 10. The topological polar surface area (TPSA) is 178 Å². The van der Waals surface area contributed by atoms with Gasteiger partial charge in [0.05, 0.1) is 12.7 Å². The average molecular weight is 367 g/mol. The van der Waals surface area contributed by atoms with Gasteiger partial charge < -0.3 is 50.2 Å². The lowest BCUT2D eigenvalue weighted by Crippen LogP contribution is -2.67. The maximum absolute atomic E-state index is 11.4. The number of aliphatic hydroxyl groups is 6. The normalized spacial score (nSPS) is 48.2. The first kappa shape index (κ1) is 20.4. The maximum atomic E-state index is 11.4. The largest absolute Gasteiger partial charge is 0.394 e. The van der Waals surface area contributed by atoms with Crippen LogP contribution in [0, 0.1) is 0 Å². The lowest BCUT2D eigenvalue weighted by atomic mass is 9.95. The Bertz CT molecular complexity index is 451. The molecule has 0 bridgehead atoms. The van der Waals surface area contributed by atoms with Gasteiger partial charge in [-0.1, -0.05) is 0 Å². The standard InChI is InChI=1S/C14H25NO10/c1-4-8(18)12(11(21)13(22)23-4)25-14-7(15-5(2)17)10(20)9(19)6(3-16)24-14/h4,6-14,16,18-22H,3H2,1-2H3,(H,15,17)/t4-,6+,7+,8+,9+,10+,11-,12+,13+,14-/m0/s1.